The number of sulfonamides is 1. The fourth-order valence-electron chi connectivity index (χ4n) is 2.94. The van der Waals surface area contributed by atoms with E-state index in [2.05, 4.69) is 10.0 Å². The minimum Gasteiger partial charge on any atom is -0.308 e. The Kier molecular flexibility index (Phi) is 6.30. The number of nitrogens with zero attached hydrogens (tertiary/aromatic N) is 1. The van der Waals surface area contributed by atoms with Gasteiger partial charge < -0.3 is 5.32 Å². The summed E-state index contributed by atoms with van der Waals surface area (Å²) < 4.78 is 40.9. The zero-order chi connectivity index (χ0) is 18.0. The number of nitrogens with one attached hydrogen (secondary N) is 2. The van der Waals surface area contributed by atoms with Crippen molar-refractivity contribution in [2.45, 2.75) is 17.4 Å². The summed E-state index contributed by atoms with van der Waals surface area (Å²) in [7, 11) is -4.23. The van der Waals surface area contributed by atoms with Crippen LogP contribution >= 0.6 is 12.4 Å². The summed E-state index contributed by atoms with van der Waals surface area (Å²) in [5, 5.41) is 14.2. The summed E-state index contributed by atoms with van der Waals surface area (Å²) in [4.78, 5) is 9.31. The van der Waals surface area contributed by atoms with Gasteiger partial charge in [0.15, 0.2) is 4.90 Å². The Labute approximate surface area is 156 Å². The van der Waals surface area contributed by atoms with E-state index in [-0.39, 0.29) is 25.0 Å². The van der Waals surface area contributed by atoms with Gasteiger partial charge in [-0.15, -0.1) is 12.4 Å². The molecular weight excluding hydrogens is 385 g/mol. The van der Waals surface area contributed by atoms with Gasteiger partial charge in [-0.2, -0.15) is 4.39 Å². The van der Waals surface area contributed by atoms with Crippen LogP contribution in [-0.2, 0) is 16.4 Å². The number of hydrogen-bond donors (Lipinski definition) is 2. The van der Waals surface area contributed by atoms with Crippen molar-refractivity contribution < 1.29 is 17.7 Å². The van der Waals surface area contributed by atoms with Crippen LogP contribution < -0.4 is 10.0 Å². The van der Waals surface area contributed by atoms with Crippen molar-refractivity contribution in [3.63, 3.8) is 0 Å². The second-order valence-electron chi connectivity index (χ2n) is 5.65. The zero-order valence-electron chi connectivity index (χ0n) is 13.5. The summed E-state index contributed by atoms with van der Waals surface area (Å²) in [5.74, 6) is -1.19. The largest absolute Gasteiger partial charge is 0.324 e. The summed E-state index contributed by atoms with van der Waals surface area (Å²) in [6.45, 7) is 0.705. The first-order valence-electron chi connectivity index (χ1n) is 7.64. The number of nitro benzene ring substituents is 1. The first kappa shape index (κ1) is 20.2. The molecule has 0 saturated carbocycles. The molecule has 10 heteroatoms. The number of para-hydroxylation sites is 1. The highest BCUT2D eigenvalue weighted by Crippen LogP contribution is 2.27. The minimum absolute atomic E-state index is 0. The molecule has 0 saturated heterocycles. The van der Waals surface area contributed by atoms with Crippen LogP contribution in [0.2, 0.25) is 0 Å². The number of hydrogen-bond acceptors (Lipinski definition) is 5. The van der Waals surface area contributed by atoms with E-state index in [4.69, 9.17) is 0 Å². The highest BCUT2D eigenvalue weighted by molar-refractivity contribution is 7.89. The predicted molar refractivity (Wildman–Crippen MR) is 96.4 cm³/mol. The molecule has 1 atom stereocenters. The first-order valence-corrected chi connectivity index (χ1v) is 9.12. The predicted octanol–water partition coefficient (Wildman–Crippen LogP) is 2.32. The van der Waals surface area contributed by atoms with Crippen LogP contribution in [-0.4, -0.2) is 26.4 Å². The third-order valence-corrected chi connectivity index (χ3v) is 5.57. The molecule has 7 nitrogen and oxygen atoms in total. The maximum absolute atomic E-state index is 13.7. The Balaban J connectivity index is 0.00000243. The maximum Gasteiger partial charge on any atom is 0.324 e. The Morgan fingerprint density at radius 3 is 2.69 bits per heavy atom. The van der Waals surface area contributed by atoms with Crippen molar-refractivity contribution in [3.8, 4) is 0 Å². The van der Waals surface area contributed by atoms with Crippen molar-refractivity contribution in [1.82, 2.24) is 10.0 Å². The molecule has 0 aromatic heterocycles. The lowest BCUT2D eigenvalue weighted by Gasteiger charge is -2.27. The zero-order valence-corrected chi connectivity index (χ0v) is 15.1. The lowest BCUT2D eigenvalue weighted by Crippen LogP contribution is -2.39. The normalized spacial score (nSPS) is 16.4. The molecule has 0 bridgehead atoms. The number of benzene rings is 2. The average molecular weight is 402 g/mol. The Bertz CT molecular complexity index is 923. The molecule has 3 rings (SSSR count). The van der Waals surface area contributed by atoms with Crippen LogP contribution in [0.5, 0.6) is 0 Å². The van der Waals surface area contributed by atoms with Crippen LogP contribution in [0.3, 0.4) is 0 Å². The standard InChI is InChI=1S/C16H16FN3O4S.ClH/c17-13-6-3-7-15(16(13)20(21)22)25(23,24)19-10-14-12-5-2-1-4-11(12)8-9-18-14;/h1-7,14,18-19H,8-10H2;1H. The van der Waals surface area contributed by atoms with Crippen molar-refractivity contribution >= 4 is 28.1 Å². The quantitative estimate of drug-likeness (QED) is 0.591. The average Bonchev–Trinajstić information content (AvgIpc) is 2.59. The highest BCUT2D eigenvalue weighted by Gasteiger charge is 2.30. The van der Waals surface area contributed by atoms with Crippen LogP contribution in [0.1, 0.15) is 17.2 Å². The van der Waals surface area contributed by atoms with E-state index in [9.17, 15) is 22.9 Å². The van der Waals surface area contributed by atoms with Gasteiger partial charge in [-0.25, -0.2) is 13.1 Å². The molecule has 2 aromatic rings. The molecule has 0 amide bonds. The molecule has 26 heavy (non-hydrogen) atoms. The first-order chi connectivity index (χ1) is 11.9. The van der Waals surface area contributed by atoms with E-state index < -0.39 is 31.3 Å². The van der Waals surface area contributed by atoms with Crippen LogP contribution in [0.25, 0.3) is 0 Å². The monoisotopic (exact) mass is 401 g/mol. The van der Waals surface area contributed by atoms with Gasteiger partial charge in [0.1, 0.15) is 0 Å². The second-order valence-corrected chi connectivity index (χ2v) is 7.39. The Morgan fingerprint density at radius 1 is 1.23 bits per heavy atom. The van der Waals surface area contributed by atoms with Crippen molar-refractivity contribution in [2.24, 2.45) is 0 Å². The van der Waals surface area contributed by atoms with Gasteiger partial charge in [-0.3, -0.25) is 10.1 Å². The van der Waals surface area contributed by atoms with E-state index in [0.717, 1.165) is 35.7 Å². The smallest absolute Gasteiger partial charge is 0.308 e. The van der Waals surface area contributed by atoms with Crippen LogP contribution in [0.15, 0.2) is 47.4 Å². The molecule has 1 aliphatic rings. The maximum atomic E-state index is 13.7. The molecule has 1 heterocycles. The van der Waals surface area contributed by atoms with Gasteiger partial charge >= 0.3 is 5.69 Å². The van der Waals surface area contributed by atoms with E-state index in [1.165, 1.54) is 0 Å². The number of rotatable bonds is 5. The minimum atomic E-state index is -4.23. The van der Waals surface area contributed by atoms with Gasteiger partial charge in [-0.05, 0) is 36.2 Å². The number of halogens is 2. The number of nitro groups is 1. The van der Waals surface area contributed by atoms with Crippen molar-refractivity contribution in [2.75, 3.05) is 13.1 Å². The Hall–Kier alpha value is -2.07. The van der Waals surface area contributed by atoms with Crippen LogP contribution in [0.4, 0.5) is 10.1 Å². The van der Waals surface area contributed by atoms with Crippen LogP contribution in [0, 0.1) is 15.9 Å². The molecule has 2 aromatic carbocycles. The molecule has 2 N–H and O–H groups in total. The van der Waals surface area contributed by atoms with Gasteiger partial charge in [0, 0.05) is 12.6 Å². The van der Waals surface area contributed by atoms with Crippen molar-refractivity contribution in [1.29, 1.82) is 0 Å². The molecule has 0 spiro atoms. The lowest BCUT2D eigenvalue weighted by atomic mass is 9.95. The fourth-order valence-corrected chi connectivity index (χ4v) is 4.16. The summed E-state index contributed by atoms with van der Waals surface area (Å²) >= 11 is 0. The van der Waals surface area contributed by atoms with E-state index in [1.54, 1.807) is 0 Å². The number of fused-ring (bicyclic) bond motifs is 1. The molecule has 0 fully saturated rings. The van der Waals surface area contributed by atoms with Gasteiger partial charge in [0.05, 0.1) is 4.92 Å². The van der Waals surface area contributed by atoms with Gasteiger partial charge in [-0.1, -0.05) is 30.3 Å². The fraction of sp³-hybridized carbons (Fsp3) is 0.250. The second kappa shape index (κ2) is 8.09. The summed E-state index contributed by atoms with van der Waals surface area (Å²) in [5.41, 5.74) is 1.05. The van der Waals surface area contributed by atoms with Gasteiger partial charge in [0.2, 0.25) is 15.8 Å². The van der Waals surface area contributed by atoms with E-state index >= 15 is 0 Å². The molecule has 0 aliphatic carbocycles. The Morgan fingerprint density at radius 2 is 1.96 bits per heavy atom. The highest BCUT2D eigenvalue weighted by atomic mass is 35.5. The van der Waals surface area contributed by atoms with E-state index in [0.29, 0.717) is 6.54 Å². The molecular formula is C16H17ClFN3O4S. The molecule has 140 valence electrons. The molecule has 1 unspecified atom stereocenters. The lowest BCUT2D eigenvalue weighted by molar-refractivity contribution is -0.390. The van der Waals surface area contributed by atoms with E-state index in [1.807, 2.05) is 24.3 Å². The summed E-state index contributed by atoms with van der Waals surface area (Å²) in [6.07, 6.45) is 0.842. The summed E-state index contributed by atoms with van der Waals surface area (Å²) in [6, 6.07) is 10.4. The van der Waals surface area contributed by atoms with Gasteiger partial charge in [0.25, 0.3) is 0 Å². The third-order valence-electron chi connectivity index (χ3n) is 4.11. The SMILES string of the molecule is Cl.O=[N+]([O-])c1c(F)cccc1S(=O)(=O)NCC1NCCc2ccccc21. The van der Waals surface area contributed by atoms with Crippen molar-refractivity contribution in [3.05, 3.63) is 69.5 Å². The third kappa shape index (κ3) is 4.01. The molecule has 0 radical (unpaired) electrons. The molecule has 1 aliphatic heterocycles. The topological polar surface area (TPSA) is 101 Å².